The van der Waals surface area contributed by atoms with Gasteiger partial charge in [0.15, 0.2) is 0 Å². The molecular weight excluding hydrogens is 358 g/mol. The maximum Gasteiger partial charge on any atom is 0.308 e. The molecule has 1 aliphatic rings. The van der Waals surface area contributed by atoms with Gasteiger partial charge in [0.1, 0.15) is 0 Å². The van der Waals surface area contributed by atoms with E-state index in [1.165, 1.54) is 27.8 Å². The van der Waals surface area contributed by atoms with Crippen molar-refractivity contribution in [2.45, 2.75) is 45.6 Å². The number of hydrogen-bond donors (Lipinski definition) is 0. The number of carbonyl (C=O) groups is 1. The molecule has 3 nitrogen and oxygen atoms in total. The molecule has 0 aliphatic heterocycles. The van der Waals surface area contributed by atoms with E-state index in [0.717, 1.165) is 25.7 Å². The highest BCUT2D eigenvalue weighted by atomic mass is 16.5. The van der Waals surface area contributed by atoms with Crippen LogP contribution in [0.25, 0.3) is 5.57 Å². The number of carbonyl (C=O) groups excluding carboxylic acids is 1. The summed E-state index contributed by atoms with van der Waals surface area (Å²) in [6, 6.07) is 17.8. The molecule has 2 aromatic rings. The number of hydrogen-bond acceptors (Lipinski definition) is 3. The van der Waals surface area contributed by atoms with Gasteiger partial charge in [-0.2, -0.15) is 0 Å². The van der Waals surface area contributed by atoms with Crippen molar-refractivity contribution in [1.29, 1.82) is 0 Å². The number of nitrogens with zero attached hydrogens (tertiary/aromatic N) is 1. The van der Waals surface area contributed by atoms with Gasteiger partial charge in [-0.3, -0.25) is 4.79 Å². The Labute approximate surface area is 175 Å². The predicted molar refractivity (Wildman–Crippen MR) is 120 cm³/mol. The van der Waals surface area contributed by atoms with Crippen LogP contribution in [-0.2, 0) is 22.4 Å². The van der Waals surface area contributed by atoms with Crippen molar-refractivity contribution in [2.24, 2.45) is 5.92 Å². The predicted octanol–water partition coefficient (Wildman–Crippen LogP) is 5.13. The fourth-order valence-corrected chi connectivity index (χ4v) is 4.20. The van der Waals surface area contributed by atoms with E-state index in [0.29, 0.717) is 6.61 Å². The normalized spacial score (nSPS) is 15.1. The Balaban J connectivity index is 1.90. The van der Waals surface area contributed by atoms with Gasteiger partial charge in [0.25, 0.3) is 0 Å². The van der Waals surface area contributed by atoms with Crippen LogP contribution in [0, 0.1) is 5.92 Å². The summed E-state index contributed by atoms with van der Waals surface area (Å²) in [4.78, 5) is 14.3. The number of fused-ring (bicyclic) bond motifs is 2. The summed E-state index contributed by atoms with van der Waals surface area (Å²) in [7, 11) is 4.19. The molecule has 0 heterocycles. The average molecular weight is 392 g/mol. The van der Waals surface area contributed by atoms with E-state index < -0.39 is 0 Å². The topological polar surface area (TPSA) is 29.5 Å². The molecule has 2 aromatic carbocycles. The number of ether oxygens (including phenoxy) is 1. The molecular formula is C26H33NO2. The van der Waals surface area contributed by atoms with E-state index in [1.54, 1.807) is 0 Å². The first-order valence-corrected chi connectivity index (χ1v) is 10.7. The van der Waals surface area contributed by atoms with Gasteiger partial charge in [-0.1, -0.05) is 61.5 Å². The molecule has 0 saturated carbocycles. The maximum absolute atomic E-state index is 12.1. The second kappa shape index (κ2) is 9.89. The molecule has 0 fully saturated rings. The van der Waals surface area contributed by atoms with Gasteiger partial charge in [0.2, 0.25) is 0 Å². The minimum Gasteiger partial charge on any atom is -0.466 e. The molecule has 29 heavy (non-hydrogen) atoms. The standard InChI is InChI=1S/C26H33NO2/c1-5-29-26(28)19(2)18-22(27(3)4)16-17-25-23-12-8-6-10-20(23)14-15-21-11-7-9-13-24(21)25/h6-13,17,19,22H,5,14-16,18H2,1-4H3. The molecule has 0 amide bonds. The third kappa shape index (κ3) is 5.16. The molecule has 0 N–H and O–H groups in total. The monoisotopic (exact) mass is 391 g/mol. The van der Waals surface area contributed by atoms with Gasteiger partial charge in [-0.25, -0.2) is 0 Å². The van der Waals surface area contributed by atoms with E-state index in [1.807, 2.05) is 13.8 Å². The number of esters is 1. The largest absolute Gasteiger partial charge is 0.466 e. The first kappa shape index (κ1) is 21.3. The first-order chi connectivity index (χ1) is 14.0. The maximum atomic E-state index is 12.1. The van der Waals surface area contributed by atoms with Crippen LogP contribution in [-0.4, -0.2) is 37.6 Å². The fraction of sp³-hybridized carbons (Fsp3) is 0.423. The molecule has 154 valence electrons. The van der Waals surface area contributed by atoms with E-state index in [9.17, 15) is 4.79 Å². The van der Waals surface area contributed by atoms with Crippen LogP contribution in [0.4, 0.5) is 0 Å². The molecule has 0 spiro atoms. The molecule has 3 heteroatoms. The van der Waals surface area contributed by atoms with Crippen molar-refractivity contribution in [1.82, 2.24) is 4.90 Å². The lowest BCUT2D eigenvalue weighted by atomic mass is 9.91. The van der Waals surface area contributed by atoms with Crippen LogP contribution in [0.5, 0.6) is 0 Å². The zero-order valence-electron chi connectivity index (χ0n) is 18.2. The van der Waals surface area contributed by atoms with Gasteiger partial charge in [-0.15, -0.1) is 0 Å². The Hall–Kier alpha value is -2.39. The van der Waals surface area contributed by atoms with Crippen molar-refractivity contribution in [3.05, 3.63) is 76.9 Å². The van der Waals surface area contributed by atoms with Crippen LogP contribution >= 0.6 is 0 Å². The molecule has 0 saturated heterocycles. The van der Waals surface area contributed by atoms with Crippen molar-refractivity contribution in [3.8, 4) is 0 Å². The molecule has 3 rings (SSSR count). The lowest BCUT2D eigenvalue weighted by Gasteiger charge is -2.26. The number of benzene rings is 2. The lowest BCUT2D eigenvalue weighted by molar-refractivity contribution is -0.148. The molecule has 0 aromatic heterocycles. The van der Waals surface area contributed by atoms with Gasteiger partial charge in [-0.05, 0) is 74.5 Å². The summed E-state index contributed by atoms with van der Waals surface area (Å²) in [5.74, 6) is -0.202. The van der Waals surface area contributed by atoms with Gasteiger partial charge in [0, 0.05) is 6.04 Å². The number of aryl methyl sites for hydroxylation is 2. The van der Waals surface area contributed by atoms with Crippen molar-refractivity contribution in [2.75, 3.05) is 20.7 Å². The van der Waals surface area contributed by atoms with Crippen LogP contribution in [0.15, 0.2) is 54.6 Å². The van der Waals surface area contributed by atoms with Crippen molar-refractivity contribution < 1.29 is 9.53 Å². The molecule has 2 unspecified atom stereocenters. The molecule has 2 atom stereocenters. The second-order valence-corrected chi connectivity index (χ2v) is 8.17. The summed E-state index contributed by atoms with van der Waals surface area (Å²) in [6.07, 6.45) is 6.21. The fourth-order valence-electron chi connectivity index (χ4n) is 4.20. The van der Waals surface area contributed by atoms with Crippen molar-refractivity contribution in [3.63, 3.8) is 0 Å². The van der Waals surface area contributed by atoms with E-state index in [2.05, 4.69) is 73.6 Å². The van der Waals surface area contributed by atoms with Gasteiger partial charge >= 0.3 is 5.97 Å². The highest BCUT2D eigenvalue weighted by Crippen LogP contribution is 2.34. The summed E-state index contributed by atoms with van der Waals surface area (Å²) in [5.41, 5.74) is 6.83. The third-order valence-electron chi connectivity index (χ3n) is 5.92. The summed E-state index contributed by atoms with van der Waals surface area (Å²) in [6.45, 7) is 4.27. The van der Waals surface area contributed by atoms with Crippen LogP contribution in [0.2, 0.25) is 0 Å². The van der Waals surface area contributed by atoms with E-state index in [4.69, 9.17) is 4.74 Å². The quantitative estimate of drug-likeness (QED) is 0.613. The molecule has 1 aliphatic carbocycles. The third-order valence-corrected chi connectivity index (χ3v) is 5.92. The molecule has 0 radical (unpaired) electrons. The zero-order valence-corrected chi connectivity index (χ0v) is 18.2. The van der Waals surface area contributed by atoms with Gasteiger partial charge in [0.05, 0.1) is 12.5 Å². The number of rotatable bonds is 7. The Bertz CT molecular complexity index is 819. The van der Waals surface area contributed by atoms with E-state index >= 15 is 0 Å². The zero-order chi connectivity index (χ0) is 20.8. The average Bonchev–Trinajstić information content (AvgIpc) is 2.88. The van der Waals surface area contributed by atoms with Crippen LogP contribution < -0.4 is 0 Å². The van der Waals surface area contributed by atoms with E-state index in [-0.39, 0.29) is 17.9 Å². The lowest BCUT2D eigenvalue weighted by Crippen LogP contribution is -2.31. The Morgan fingerprint density at radius 2 is 1.59 bits per heavy atom. The highest BCUT2D eigenvalue weighted by molar-refractivity contribution is 5.84. The summed E-state index contributed by atoms with van der Waals surface area (Å²) in [5, 5.41) is 0. The minimum absolute atomic E-state index is 0.0999. The Morgan fingerprint density at radius 1 is 1.03 bits per heavy atom. The molecule has 0 bridgehead atoms. The summed E-state index contributed by atoms with van der Waals surface area (Å²) >= 11 is 0. The smallest absolute Gasteiger partial charge is 0.308 e. The Morgan fingerprint density at radius 3 is 2.10 bits per heavy atom. The van der Waals surface area contributed by atoms with Gasteiger partial charge < -0.3 is 9.64 Å². The van der Waals surface area contributed by atoms with Crippen LogP contribution in [0.1, 0.15) is 48.9 Å². The second-order valence-electron chi connectivity index (χ2n) is 8.17. The SMILES string of the molecule is CCOC(=O)C(C)CC(CC=C1c2ccccc2CCc2ccccc21)N(C)C. The summed E-state index contributed by atoms with van der Waals surface area (Å²) < 4.78 is 5.22. The first-order valence-electron chi connectivity index (χ1n) is 10.7. The minimum atomic E-state index is -0.102. The highest BCUT2D eigenvalue weighted by Gasteiger charge is 2.22. The van der Waals surface area contributed by atoms with Crippen LogP contribution in [0.3, 0.4) is 0 Å². The Kier molecular flexibility index (Phi) is 7.27. The van der Waals surface area contributed by atoms with Crippen molar-refractivity contribution >= 4 is 11.5 Å².